The Bertz CT molecular complexity index is 430. The first-order valence-electron chi connectivity index (χ1n) is 6.80. The molecule has 106 valence electrons. The third-order valence-corrected chi connectivity index (χ3v) is 3.59. The molecule has 0 radical (unpaired) electrons. The quantitative estimate of drug-likeness (QED) is 0.831. The molecule has 0 bridgehead atoms. The summed E-state index contributed by atoms with van der Waals surface area (Å²) >= 11 is 0. The van der Waals surface area contributed by atoms with E-state index in [1.807, 2.05) is 0 Å². The molecule has 0 fully saturated rings. The Morgan fingerprint density at radius 2 is 2.00 bits per heavy atom. The summed E-state index contributed by atoms with van der Waals surface area (Å²) in [5, 5.41) is 2.71. The number of halogens is 1. The zero-order valence-electron chi connectivity index (χ0n) is 11.9. The van der Waals surface area contributed by atoms with Crippen LogP contribution in [0.15, 0.2) is 18.2 Å². The Morgan fingerprint density at radius 1 is 1.37 bits per heavy atom. The van der Waals surface area contributed by atoms with Crippen LogP contribution in [0.3, 0.4) is 0 Å². The molecule has 1 unspecified atom stereocenters. The first kappa shape index (κ1) is 15.6. The van der Waals surface area contributed by atoms with E-state index in [9.17, 15) is 9.18 Å². The molecular formula is C15H23FN2O. The molecule has 0 aliphatic rings. The summed E-state index contributed by atoms with van der Waals surface area (Å²) in [7, 11) is 0. The maximum absolute atomic E-state index is 13.8. The zero-order chi connectivity index (χ0) is 14.4. The zero-order valence-corrected chi connectivity index (χ0v) is 11.9. The Kier molecular flexibility index (Phi) is 5.96. The maximum Gasteiger partial charge on any atom is 0.254 e. The van der Waals surface area contributed by atoms with E-state index >= 15 is 0 Å². The lowest BCUT2D eigenvalue weighted by molar-refractivity contribution is 0.0943. The molecule has 4 heteroatoms. The number of carbonyl (C=O) groups is 1. The molecule has 0 spiro atoms. The predicted molar refractivity (Wildman–Crippen MR) is 75.5 cm³/mol. The van der Waals surface area contributed by atoms with Crippen LogP contribution in [0.4, 0.5) is 4.39 Å². The van der Waals surface area contributed by atoms with Crippen molar-refractivity contribution in [3.05, 3.63) is 35.1 Å². The van der Waals surface area contributed by atoms with E-state index in [1.54, 1.807) is 19.1 Å². The van der Waals surface area contributed by atoms with Crippen molar-refractivity contribution in [2.45, 2.75) is 39.7 Å². The highest BCUT2D eigenvalue weighted by atomic mass is 19.1. The molecule has 0 saturated carbocycles. The molecule has 0 heterocycles. The van der Waals surface area contributed by atoms with Crippen LogP contribution in [-0.2, 0) is 0 Å². The fourth-order valence-corrected chi connectivity index (χ4v) is 2.19. The second-order valence-corrected chi connectivity index (χ2v) is 4.89. The van der Waals surface area contributed by atoms with Gasteiger partial charge in [-0.3, -0.25) is 4.79 Å². The van der Waals surface area contributed by atoms with Crippen LogP contribution in [0.2, 0.25) is 0 Å². The minimum Gasteiger partial charge on any atom is -0.350 e. The van der Waals surface area contributed by atoms with Crippen molar-refractivity contribution < 1.29 is 9.18 Å². The van der Waals surface area contributed by atoms with Crippen molar-refractivity contribution in [2.24, 2.45) is 11.7 Å². The Hall–Kier alpha value is -1.42. The number of nitrogens with two attached hydrogens (primary N) is 1. The second-order valence-electron chi connectivity index (χ2n) is 4.89. The van der Waals surface area contributed by atoms with Gasteiger partial charge in [-0.1, -0.05) is 38.8 Å². The third kappa shape index (κ3) is 4.03. The third-order valence-electron chi connectivity index (χ3n) is 3.59. The molecule has 1 rings (SSSR count). The van der Waals surface area contributed by atoms with Gasteiger partial charge in [0.15, 0.2) is 0 Å². The van der Waals surface area contributed by atoms with Crippen molar-refractivity contribution in [1.29, 1.82) is 0 Å². The van der Waals surface area contributed by atoms with Gasteiger partial charge in [-0.05, 0) is 24.5 Å². The summed E-state index contributed by atoms with van der Waals surface area (Å²) in [6, 6.07) is 4.71. The molecule has 0 saturated heterocycles. The highest BCUT2D eigenvalue weighted by molar-refractivity contribution is 5.94. The van der Waals surface area contributed by atoms with Gasteiger partial charge >= 0.3 is 0 Å². The monoisotopic (exact) mass is 266 g/mol. The van der Waals surface area contributed by atoms with Gasteiger partial charge in [0, 0.05) is 12.6 Å². The number of hydrogen-bond acceptors (Lipinski definition) is 2. The molecular weight excluding hydrogens is 243 g/mol. The summed E-state index contributed by atoms with van der Waals surface area (Å²) in [6.45, 7) is 6.17. The fourth-order valence-electron chi connectivity index (χ4n) is 2.19. The number of aryl methyl sites for hydroxylation is 1. The average molecular weight is 266 g/mol. The van der Waals surface area contributed by atoms with Crippen molar-refractivity contribution in [1.82, 2.24) is 5.32 Å². The van der Waals surface area contributed by atoms with Crippen LogP contribution in [0, 0.1) is 18.7 Å². The summed E-state index contributed by atoms with van der Waals surface area (Å²) in [6.07, 6.45) is 1.96. The van der Waals surface area contributed by atoms with Gasteiger partial charge in [0.1, 0.15) is 5.82 Å². The van der Waals surface area contributed by atoms with E-state index in [0.717, 1.165) is 12.8 Å². The van der Waals surface area contributed by atoms with E-state index in [0.29, 0.717) is 18.0 Å². The van der Waals surface area contributed by atoms with Crippen molar-refractivity contribution in [3.63, 3.8) is 0 Å². The minimum absolute atomic E-state index is 0.0803. The first-order chi connectivity index (χ1) is 9.01. The average Bonchev–Trinajstić information content (AvgIpc) is 2.40. The van der Waals surface area contributed by atoms with Crippen LogP contribution in [-0.4, -0.2) is 18.5 Å². The van der Waals surface area contributed by atoms with Crippen LogP contribution in [0.5, 0.6) is 0 Å². The number of rotatable bonds is 6. The molecule has 0 aliphatic carbocycles. The van der Waals surface area contributed by atoms with E-state index < -0.39 is 11.7 Å². The number of hydrogen-bond donors (Lipinski definition) is 2. The van der Waals surface area contributed by atoms with Crippen LogP contribution >= 0.6 is 0 Å². The first-order valence-corrected chi connectivity index (χ1v) is 6.80. The summed E-state index contributed by atoms with van der Waals surface area (Å²) < 4.78 is 13.8. The van der Waals surface area contributed by atoms with E-state index in [-0.39, 0.29) is 11.6 Å². The molecule has 3 nitrogen and oxygen atoms in total. The van der Waals surface area contributed by atoms with E-state index in [2.05, 4.69) is 19.2 Å². The van der Waals surface area contributed by atoms with Gasteiger partial charge in [0.25, 0.3) is 5.91 Å². The van der Waals surface area contributed by atoms with Gasteiger partial charge in [0.2, 0.25) is 0 Å². The fraction of sp³-hybridized carbons (Fsp3) is 0.533. The molecule has 0 aliphatic heterocycles. The van der Waals surface area contributed by atoms with Gasteiger partial charge in [0.05, 0.1) is 5.56 Å². The molecule has 3 N–H and O–H groups in total. The molecule has 1 amide bonds. The Morgan fingerprint density at radius 3 is 2.58 bits per heavy atom. The lowest BCUT2D eigenvalue weighted by atomic mass is 9.95. The molecule has 19 heavy (non-hydrogen) atoms. The Labute approximate surface area is 114 Å². The van der Waals surface area contributed by atoms with Crippen LogP contribution in [0.25, 0.3) is 0 Å². The Balaban J connectivity index is 2.63. The van der Waals surface area contributed by atoms with Gasteiger partial charge < -0.3 is 11.1 Å². The van der Waals surface area contributed by atoms with Crippen molar-refractivity contribution in [2.75, 3.05) is 6.54 Å². The molecule has 1 aromatic carbocycles. The smallest absolute Gasteiger partial charge is 0.254 e. The van der Waals surface area contributed by atoms with E-state index in [4.69, 9.17) is 5.73 Å². The largest absolute Gasteiger partial charge is 0.350 e. The lowest BCUT2D eigenvalue weighted by Crippen LogP contribution is -2.42. The van der Waals surface area contributed by atoms with Gasteiger partial charge in [-0.15, -0.1) is 0 Å². The molecule has 1 aromatic rings. The second kappa shape index (κ2) is 7.24. The predicted octanol–water partition coefficient (Wildman–Crippen LogP) is 2.63. The van der Waals surface area contributed by atoms with Gasteiger partial charge in [-0.25, -0.2) is 4.39 Å². The highest BCUT2D eigenvalue weighted by Gasteiger charge is 2.17. The summed E-state index contributed by atoms with van der Waals surface area (Å²) in [5.41, 5.74) is 6.57. The topological polar surface area (TPSA) is 55.1 Å². The van der Waals surface area contributed by atoms with Crippen LogP contribution in [0.1, 0.15) is 42.6 Å². The number of nitrogens with one attached hydrogen (secondary N) is 1. The lowest BCUT2D eigenvalue weighted by Gasteiger charge is -2.21. The van der Waals surface area contributed by atoms with Crippen LogP contribution < -0.4 is 11.1 Å². The standard InChI is InChI=1S/C15H23FN2O/c1-4-11(5-2)13(17)9-18-15(19)12-8-6-7-10(3)14(12)16/h6-8,11,13H,4-5,9,17H2,1-3H3,(H,18,19). The number of carbonyl (C=O) groups excluding carboxylic acids is 1. The van der Waals surface area contributed by atoms with Crippen molar-refractivity contribution >= 4 is 5.91 Å². The number of amides is 1. The number of benzene rings is 1. The van der Waals surface area contributed by atoms with Crippen molar-refractivity contribution in [3.8, 4) is 0 Å². The molecule has 1 atom stereocenters. The normalized spacial score (nSPS) is 12.5. The minimum atomic E-state index is -0.462. The highest BCUT2D eigenvalue weighted by Crippen LogP contribution is 2.13. The summed E-state index contributed by atoms with van der Waals surface area (Å²) in [5.74, 6) is -0.485. The summed E-state index contributed by atoms with van der Waals surface area (Å²) in [4.78, 5) is 11.9. The van der Waals surface area contributed by atoms with E-state index in [1.165, 1.54) is 6.07 Å². The SMILES string of the molecule is CCC(CC)C(N)CNC(=O)c1cccc(C)c1F. The van der Waals surface area contributed by atoms with Gasteiger partial charge in [-0.2, -0.15) is 0 Å². The maximum atomic E-state index is 13.8. The molecule has 0 aromatic heterocycles.